The highest BCUT2D eigenvalue weighted by Crippen LogP contribution is 2.25. The van der Waals surface area contributed by atoms with Crippen LogP contribution in [0.5, 0.6) is 0 Å². The van der Waals surface area contributed by atoms with Crippen molar-refractivity contribution in [2.75, 3.05) is 13.1 Å². The maximum atomic E-state index is 12.7. The number of piperidine rings is 1. The number of para-hydroxylation sites is 1. The number of nitrogens with one attached hydrogen (secondary N) is 1. The number of rotatable bonds is 4. The van der Waals surface area contributed by atoms with E-state index in [9.17, 15) is 9.59 Å². The van der Waals surface area contributed by atoms with Crippen LogP contribution in [-0.2, 0) is 4.79 Å². The zero-order chi connectivity index (χ0) is 18.8. The zero-order valence-corrected chi connectivity index (χ0v) is 15.2. The molecule has 1 N–H and O–H groups in total. The fourth-order valence-electron chi connectivity index (χ4n) is 3.55. The average Bonchev–Trinajstić information content (AvgIpc) is 3.37. The number of amides is 2. The summed E-state index contributed by atoms with van der Waals surface area (Å²) in [6, 6.07) is 12.8. The van der Waals surface area contributed by atoms with Crippen LogP contribution in [0.3, 0.4) is 0 Å². The molecule has 27 heavy (non-hydrogen) atoms. The van der Waals surface area contributed by atoms with E-state index in [-0.39, 0.29) is 23.8 Å². The topological polar surface area (TPSA) is 75.7 Å². The highest BCUT2D eigenvalue weighted by atomic mass is 16.3. The fourth-order valence-corrected chi connectivity index (χ4v) is 3.55. The van der Waals surface area contributed by atoms with Crippen molar-refractivity contribution in [3.05, 3.63) is 60.2 Å². The van der Waals surface area contributed by atoms with Crippen LogP contribution < -0.4 is 5.32 Å². The molecule has 4 rings (SSSR count). The molecule has 3 heterocycles. The van der Waals surface area contributed by atoms with Crippen molar-refractivity contribution in [1.29, 1.82) is 0 Å². The van der Waals surface area contributed by atoms with Crippen LogP contribution in [0.25, 0.3) is 11.0 Å². The van der Waals surface area contributed by atoms with E-state index in [1.54, 1.807) is 17.0 Å². The Hall–Kier alpha value is -3.02. The molecule has 2 atom stereocenters. The Labute approximate surface area is 157 Å². The van der Waals surface area contributed by atoms with Crippen LogP contribution >= 0.6 is 0 Å². The normalized spacial score (nSPS) is 18.4. The Kier molecular flexibility index (Phi) is 4.71. The summed E-state index contributed by atoms with van der Waals surface area (Å²) in [5.74, 6) is 0.586. The third kappa shape index (κ3) is 3.60. The summed E-state index contributed by atoms with van der Waals surface area (Å²) >= 11 is 0. The molecule has 0 aliphatic carbocycles. The highest BCUT2D eigenvalue weighted by molar-refractivity contribution is 5.92. The Morgan fingerprint density at radius 3 is 2.85 bits per heavy atom. The van der Waals surface area contributed by atoms with Crippen molar-refractivity contribution < 1.29 is 18.4 Å². The first-order chi connectivity index (χ1) is 13.1. The van der Waals surface area contributed by atoms with Gasteiger partial charge >= 0.3 is 0 Å². The molecular weight excluding hydrogens is 344 g/mol. The standard InChI is InChI=1S/C21H22N2O4/c1-14(19-12-15-6-2-3-8-17(15)27-19)22-20(24)16-7-4-10-23(13-16)21(25)18-9-5-11-26-18/h2-3,5-6,8-9,11-12,14,16H,4,7,10,13H2,1H3,(H,22,24). The van der Waals surface area contributed by atoms with Crippen molar-refractivity contribution in [3.63, 3.8) is 0 Å². The SMILES string of the molecule is CC(NC(=O)C1CCCN(C(=O)c2ccco2)C1)c1cc2ccccc2o1. The van der Waals surface area contributed by atoms with Gasteiger partial charge in [-0.3, -0.25) is 9.59 Å². The van der Waals surface area contributed by atoms with Gasteiger partial charge in [-0.2, -0.15) is 0 Å². The number of carbonyl (C=O) groups excluding carboxylic acids is 2. The summed E-state index contributed by atoms with van der Waals surface area (Å²) < 4.78 is 11.0. The molecule has 1 aliphatic heterocycles. The minimum absolute atomic E-state index is 0.0556. The molecule has 1 saturated heterocycles. The number of nitrogens with zero attached hydrogens (tertiary/aromatic N) is 1. The molecule has 1 fully saturated rings. The molecule has 2 aromatic heterocycles. The first kappa shape index (κ1) is 17.4. The molecule has 0 saturated carbocycles. The lowest BCUT2D eigenvalue weighted by molar-refractivity contribution is -0.127. The van der Waals surface area contributed by atoms with E-state index in [0.717, 1.165) is 29.6 Å². The highest BCUT2D eigenvalue weighted by Gasteiger charge is 2.30. The van der Waals surface area contributed by atoms with Crippen molar-refractivity contribution >= 4 is 22.8 Å². The van der Waals surface area contributed by atoms with E-state index >= 15 is 0 Å². The first-order valence-corrected chi connectivity index (χ1v) is 9.23. The summed E-state index contributed by atoms with van der Waals surface area (Å²) in [5.41, 5.74) is 0.807. The Morgan fingerprint density at radius 2 is 2.07 bits per heavy atom. The second-order valence-electron chi connectivity index (χ2n) is 6.98. The summed E-state index contributed by atoms with van der Waals surface area (Å²) in [5, 5.41) is 4.04. The maximum Gasteiger partial charge on any atom is 0.289 e. The van der Waals surface area contributed by atoms with Gasteiger partial charge < -0.3 is 19.1 Å². The van der Waals surface area contributed by atoms with Gasteiger partial charge in [0, 0.05) is 18.5 Å². The van der Waals surface area contributed by atoms with Crippen LogP contribution in [0.2, 0.25) is 0 Å². The number of carbonyl (C=O) groups is 2. The number of furan rings is 2. The van der Waals surface area contributed by atoms with Crippen molar-refractivity contribution in [2.24, 2.45) is 5.92 Å². The number of benzene rings is 1. The van der Waals surface area contributed by atoms with Crippen LogP contribution in [-0.4, -0.2) is 29.8 Å². The van der Waals surface area contributed by atoms with E-state index in [2.05, 4.69) is 5.32 Å². The predicted molar refractivity (Wildman–Crippen MR) is 100 cm³/mol. The largest absolute Gasteiger partial charge is 0.459 e. The maximum absolute atomic E-state index is 12.7. The summed E-state index contributed by atoms with van der Waals surface area (Å²) in [6.07, 6.45) is 3.04. The van der Waals surface area contributed by atoms with Gasteiger partial charge in [-0.05, 0) is 44.0 Å². The lowest BCUT2D eigenvalue weighted by Crippen LogP contribution is -2.45. The molecule has 2 amide bonds. The molecule has 6 heteroatoms. The summed E-state index contributed by atoms with van der Waals surface area (Å²) in [4.78, 5) is 26.9. The molecule has 1 aromatic carbocycles. The Bertz CT molecular complexity index is 911. The van der Waals surface area contributed by atoms with E-state index in [0.29, 0.717) is 18.8 Å². The van der Waals surface area contributed by atoms with Gasteiger partial charge in [0.2, 0.25) is 5.91 Å². The second-order valence-corrected chi connectivity index (χ2v) is 6.98. The second kappa shape index (κ2) is 7.31. The quantitative estimate of drug-likeness (QED) is 0.763. The Balaban J connectivity index is 1.40. The summed E-state index contributed by atoms with van der Waals surface area (Å²) in [6.45, 7) is 2.95. The van der Waals surface area contributed by atoms with Crippen LogP contribution in [0.15, 0.2) is 57.6 Å². The van der Waals surface area contributed by atoms with Crippen LogP contribution in [0.1, 0.15) is 42.1 Å². The van der Waals surface area contributed by atoms with Gasteiger partial charge in [-0.1, -0.05) is 18.2 Å². The smallest absolute Gasteiger partial charge is 0.289 e. The fraction of sp³-hybridized carbons (Fsp3) is 0.333. The predicted octanol–water partition coefficient (Wildman–Crippen LogP) is 3.76. The minimum Gasteiger partial charge on any atom is -0.459 e. The molecule has 0 radical (unpaired) electrons. The van der Waals surface area contributed by atoms with Gasteiger partial charge in [0.05, 0.1) is 18.2 Å². The van der Waals surface area contributed by atoms with E-state index in [1.165, 1.54) is 6.26 Å². The molecule has 3 aromatic rings. The van der Waals surface area contributed by atoms with Crippen LogP contribution in [0.4, 0.5) is 0 Å². The molecule has 0 spiro atoms. The minimum atomic E-state index is -0.235. The molecular formula is C21H22N2O4. The molecule has 2 unspecified atom stereocenters. The van der Waals surface area contributed by atoms with Crippen molar-refractivity contribution in [3.8, 4) is 0 Å². The van der Waals surface area contributed by atoms with E-state index in [4.69, 9.17) is 8.83 Å². The number of hydrogen-bond acceptors (Lipinski definition) is 4. The number of hydrogen-bond donors (Lipinski definition) is 1. The van der Waals surface area contributed by atoms with E-state index < -0.39 is 0 Å². The molecule has 0 bridgehead atoms. The van der Waals surface area contributed by atoms with Crippen LogP contribution in [0, 0.1) is 5.92 Å². The number of fused-ring (bicyclic) bond motifs is 1. The molecule has 6 nitrogen and oxygen atoms in total. The van der Waals surface area contributed by atoms with Crippen molar-refractivity contribution in [2.45, 2.75) is 25.8 Å². The summed E-state index contributed by atoms with van der Waals surface area (Å²) in [7, 11) is 0. The van der Waals surface area contributed by atoms with Gasteiger partial charge in [-0.15, -0.1) is 0 Å². The van der Waals surface area contributed by atoms with E-state index in [1.807, 2.05) is 37.3 Å². The molecule has 1 aliphatic rings. The monoisotopic (exact) mass is 366 g/mol. The molecule has 140 valence electrons. The lowest BCUT2D eigenvalue weighted by Gasteiger charge is -2.32. The van der Waals surface area contributed by atoms with Gasteiger partial charge in [0.1, 0.15) is 11.3 Å². The third-order valence-corrected chi connectivity index (χ3v) is 5.04. The average molecular weight is 366 g/mol. The van der Waals surface area contributed by atoms with Gasteiger partial charge in [0.25, 0.3) is 5.91 Å². The Morgan fingerprint density at radius 1 is 1.22 bits per heavy atom. The lowest BCUT2D eigenvalue weighted by atomic mass is 9.96. The van der Waals surface area contributed by atoms with Gasteiger partial charge in [-0.25, -0.2) is 0 Å². The first-order valence-electron chi connectivity index (χ1n) is 9.23. The number of likely N-dealkylation sites (tertiary alicyclic amines) is 1. The third-order valence-electron chi connectivity index (χ3n) is 5.04. The zero-order valence-electron chi connectivity index (χ0n) is 15.2. The van der Waals surface area contributed by atoms with Gasteiger partial charge in [0.15, 0.2) is 5.76 Å². The van der Waals surface area contributed by atoms with Crippen molar-refractivity contribution in [1.82, 2.24) is 10.2 Å².